The Balaban J connectivity index is 1.96. The fraction of sp³-hybridized carbons (Fsp3) is 0.688. The second-order valence-electron chi connectivity index (χ2n) is 6.33. The topological polar surface area (TPSA) is 28.2 Å². The molecule has 0 saturated heterocycles. The van der Waals surface area contributed by atoms with E-state index in [-0.39, 0.29) is 0 Å². The van der Waals surface area contributed by atoms with Crippen LogP contribution in [-0.2, 0) is 0 Å². The molecule has 1 unspecified atom stereocenters. The van der Waals surface area contributed by atoms with E-state index in [1.54, 1.807) is 0 Å². The van der Waals surface area contributed by atoms with Gasteiger partial charge >= 0.3 is 0 Å². The summed E-state index contributed by atoms with van der Waals surface area (Å²) in [5, 5.41) is 3.62. The van der Waals surface area contributed by atoms with E-state index in [9.17, 15) is 0 Å². The van der Waals surface area contributed by atoms with Gasteiger partial charge in [0.05, 0.1) is 11.9 Å². The fourth-order valence-electron chi connectivity index (χ4n) is 3.00. The molecule has 1 atom stereocenters. The number of rotatable bonds is 5. The van der Waals surface area contributed by atoms with Crippen LogP contribution >= 0.6 is 0 Å². The standard InChI is InChI=1S/C16H27N3/c1-5-19(6-2)15-8-7-14(12-17-15)18-13-9-10-16(3,4)11-13/h7-8,12-13,18H,5-6,9-11H2,1-4H3. The Morgan fingerprint density at radius 2 is 2.05 bits per heavy atom. The lowest BCUT2D eigenvalue weighted by Gasteiger charge is -2.21. The summed E-state index contributed by atoms with van der Waals surface area (Å²) in [4.78, 5) is 6.83. The Kier molecular flexibility index (Phi) is 4.33. The van der Waals surface area contributed by atoms with Crippen LogP contribution < -0.4 is 10.2 Å². The molecule has 2 rings (SSSR count). The van der Waals surface area contributed by atoms with Crippen LogP contribution in [0, 0.1) is 5.41 Å². The molecule has 1 saturated carbocycles. The molecule has 0 spiro atoms. The van der Waals surface area contributed by atoms with Crippen molar-refractivity contribution in [1.29, 1.82) is 0 Å². The molecular weight excluding hydrogens is 234 g/mol. The summed E-state index contributed by atoms with van der Waals surface area (Å²) in [5.41, 5.74) is 1.64. The minimum Gasteiger partial charge on any atom is -0.381 e. The van der Waals surface area contributed by atoms with Crippen molar-refractivity contribution in [1.82, 2.24) is 4.98 Å². The van der Waals surface area contributed by atoms with Crippen LogP contribution in [0.5, 0.6) is 0 Å². The van der Waals surface area contributed by atoms with E-state index in [1.165, 1.54) is 19.3 Å². The summed E-state index contributed by atoms with van der Waals surface area (Å²) < 4.78 is 0. The molecule has 0 bridgehead atoms. The average molecular weight is 261 g/mol. The monoisotopic (exact) mass is 261 g/mol. The Morgan fingerprint density at radius 1 is 1.32 bits per heavy atom. The smallest absolute Gasteiger partial charge is 0.128 e. The van der Waals surface area contributed by atoms with Crippen LogP contribution in [0.25, 0.3) is 0 Å². The normalized spacial score (nSPS) is 21.4. The van der Waals surface area contributed by atoms with E-state index in [0.29, 0.717) is 11.5 Å². The highest BCUT2D eigenvalue weighted by molar-refractivity contribution is 5.49. The predicted molar refractivity (Wildman–Crippen MR) is 82.8 cm³/mol. The molecule has 0 amide bonds. The molecule has 106 valence electrons. The largest absolute Gasteiger partial charge is 0.381 e. The number of nitrogens with zero attached hydrogens (tertiary/aromatic N) is 2. The van der Waals surface area contributed by atoms with Crippen LogP contribution in [0.1, 0.15) is 47.0 Å². The molecule has 0 radical (unpaired) electrons. The van der Waals surface area contributed by atoms with Crippen molar-refractivity contribution in [2.24, 2.45) is 5.41 Å². The quantitative estimate of drug-likeness (QED) is 0.870. The van der Waals surface area contributed by atoms with Crippen molar-refractivity contribution >= 4 is 11.5 Å². The van der Waals surface area contributed by atoms with E-state index in [0.717, 1.165) is 24.6 Å². The maximum atomic E-state index is 4.56. The maximum absolute atomic E-state index is 4.56. The number of hydrogen-bond donors (Lipinski definition) is 1. The summed E-state index contributed by atoms with van der Waals surface area (Å²) in [6, 6.07) is 4.89. The Labute approximate surface area is 117 Å². The van der Waals surface area contributed by atoms with Crippen molar-refractivity contribution in [3.63, 3.8) is 0 Å². The van der Waals surface area contributed by atoms with E-state index >= 15 is 0 Å². The van der Waals surface area contributed by atoms with E-state index < -0.39 is 0 Å². The number of hydrogen-bond acceptors (Lipinski definition) is 3. The molecule has 1 fully saturated rings. The molecule has 1 aliphatic rings. The minimum atomic E-state index is 0.492. The van der Waals surface area contributed by atoms with Crippen LogP contribution in [0.2, 0.25) is 0 Å². The number of anilines is 2. The van der Waals surface area contributed by atoms with Crippen molar-refractivity contribution in [3.05, 3.63) is 18.3 Å². The number of pyridine rings is 1. The zero-order valence-electron chi connectivity index (χ0n) is 12.7. The average Bonchev–Trinajstić information content (AvgIpc) is 2.72. The van der Waals surface area contributed by atoms with Gasteiger partial charge in [-0.25, -0.2) is 4.98 Å². The van der Waals surface area contributed by atoms with Crippen molar-refractivity contribution in [2.45, 2.75) is 53.0 Å². The van der Waals surface area contributed by atoms with Crippen molar-refractivity contribution < 1.29 is 0 Å². The third-order valence-electron chi connectivity index (χ3n) is 4.17. The van der Waals surface area contributed by atoms with Crippen LogP contribution in [0.3, 0.4) is 0 Å². The zero-order valence-corrected chi connectivity index (χ0v) is 12.7. The first-order chi connectivity index (χ1) is 9.04. The van der Waals surface area contributed by atoms with Gasteiger partial charge in [-0.3, -0.25) is 0 Å². The van der Waals surface area contributed by atoms with Crippen molar-refractivity contribution in [3.8, 4) is 0 Å². The summed E-state index contributed by atoms with van der Waals surface area (Å²) >= 11 is 0. The third kappa shape index (κ3) is 3.62. The predicted octanol–water partition coefficient (Wildman–Crippen LogP) is 3.92. The summed E-state index contributed by atoms with van der Waals surface area (Å²) in [6.07, 6.45) is 5.81. The lowest BCUT2D eigenvalue weighted by atomic mass is 9.92. The van der Waals surface area contributed by atoms with Gasteiger partial charge in [-0.05, 0) is 50.7 Å². The summed E-state index contributed by atoms with van der Waals surface area (Å²) in [5.74, 6) is 1.07. The van der Waals surface area contributed by atoms with Gasteiger partial charge in [0.2, 0.25) is 0 Å². The third-order valence-corrected chi connectivity index (χ3v) is 4.17. The maximum Gasteiger partial charge on any atom is 0.128 e. The number of aromatic nitrogens is 1. The van der Waals surface area contributed by atoms with Gasteiger partial charge in [0, 0.05) is 19.1 Å². The van der Waals surface area contributed by atoms with Gasteiger partial charge < -0.3 is 10.2 Å². The first-order valence-corrected chi connectivity index (χ1v) is 7.51. The molecule has 1 aromatic heterocycles. The molecule has 3 nitrogen and oxygen atoms in total. The van der Waals surface area contributed by atoms with E-state index in [2.05, 4.69) is 55.0 Å². The molecule has 0 aromatic carbocycles. The molecule has 3 heteroatoms. The second kappa shape index (κ2) is 5.81. The molecule has 1 aliphatic carbocycles. The highest BCUT2D eigenvalue weighted by Gasteiger charge is 2.30. The number of nitrogens with one attached hydrogen (secondary N) is 1. The minimum absolute atomic E-state index is 0.492. The molecule has 0 aliphatic heterocycles. The van der Waals surface area contributed by atoms with Crippen LogP contribution in [0.15, 0.2) is 18.3 Å². The van der Waals surface area contributed by atoms with Crippen LogP contribution in [0.4, 0.5) is 11.5 Å². The Morgan fingerprint density at radius 3 is 2.53 bits per heavy atom. The molecule has 1 N–H and O–H groups in total. The van der Waals surface area contributed by atoms with Gasteiger partial charge in [-0.2, -0.15) is 0 Å². The van der Waals surface area contributed by atoms with Gasteiger partial charge in [-0.15, -0.1) is 0 Å². The van der Waals surface area contributed by atoms with Gasteiger partial charge in [-0.1, -0.05) is 13.8 Å². The first-order valence-electron chi connectivity index (χ1n) is 7.51. The Bertz CT molecular complexity index is 393. The molecule has 1 heterocycles. The first kappa shape index (κ1) is 14.2. The van der Waals surface area contributed by atoms with E-state index in [4.69, 9.17) is 0 Å². The highest BCUT2D eigenvalue weighted by atomic mass is 15.2. The lowest BCUT2D eigenvalue weighted by molar-refractivity contribution is 0.378. The second-order valence-corrected chi connectivity index (χ2v) is 6.33. The SMILES string of the molecule is CCN(CC)c1ccc(NC2CCC(C)(C)C2)cn1. The molecule has 1 aromatic rings. The zero-order chi connectivity index (χ0) is 13.9. The highest BCUT2D eigenvalue weighted by Crippen LogP contribution is 2.38. The summed E-state index contributed by atoms with van der Waals surface area (Å²) in [6.45, 7) is 11.1. The van der Waals surface area contributed by atoms with E-state index in [1.807, 2.05) is 6.20 Å². The van der Waals surface area contributed by atoms with Gasteiger partial charge in [0.15, 0.2) is 0 Å². The van der Waals surface area contributed by atoms with Crippen molar-refractivity contribution in [2.75, 3.05) is 23.3 Å². The molecular formula is C16H27N3. The molecule has 19 heavy (non-hydrogen) atoms. The summed E-state index contributed by atoms with van der Waals surface area (Å²) in [7, 11) is 0. The van der Waals surface area contributed by atoms with Gasteiger partial charge in [0.1, 0.15) is 5.82 Å². The lowest BCUT2D eigenvalue weighted by Crippen LogP contribution is -2.23. The fourth-order valence-corrected chi connectivity index (χ4v) is 3.00. The van der Waals surface area contributed by atoms with Gasteiger partial charge in [0.25, 0.3) is 0 Å². The Hall–Kier alpha value is -1.25. The van der Waals surface area contributed by atoms with Crippen LogP contribution in [-0.4, -0.2) is 24.1 Å².